The van der Waals surface area contributed by atoms with Gasteiger partial charge in [0.05, 0.1) is 47.3 Å². The van der Waals surface area contributed by atoms with Crippen LogP contribution in [0.1, 0.15) is 128 Å². The van der Waals surface area contributed by atoms with E-state index >= 15 is 0 Å². The minimum absolute atomic E-state index is 0. The Hall–Kier alpha value is -6.05. The number of nitrogens with zero attached hydrogens (tertiary/aromatic N) is 4. The number of allylic oxidation sites excluding steroid dienone is 12. The van der Waals surface area contributed by atoms with Crippen LogP contribution in [0.5, 0.6) is 0 Å². The summed E-state index contributed by atoms with van der Waals surface area (Å²) in [6.45, 7) is 26.7. The van der Waals surface area contributed by atoms with E-state index in [0.717, 1.165) is 22.3 Å². The Bertz CT molecular complexity index is 2770. The fraction of sp³-hybridized carbons (Fsp3) is 0.321. The number of carbonyl (C=O) groups excluding carboxylic acids is 1. The first kappa shape index (κ1) is 48.4. The van der Waals surface area contributed by atoms with Crippen LogP contribution in [-0.4, -0.2) is 37.3 Å². The van der Waals surface area contributed by atoms with Crippen LogP contribution >= 0.6 is 0 Å². The van der Waals surface area contributed by atoms with E-state index in [4.69, 9.17) is 29.4 Å². The number of fused-ring (bicyclic) bond motifs is 5. The van der Waals surface area contributed by atoms with Crippen molar-refractivity contribution in [1.29, 1.82) is 0 Å². The van der Waals surface area contributed by atoms with Crippen LogP contribution < -0.4 is 10.1 Å². The zero-order chi connectivity index (χ0) is 46.5. The summed E-state index contributed by atoms with van der Waals surface area (Å²) in [5.41, 5.74) is 14.4. The van der Waals surface area contributed by atoms with E-state index in [9.17, 15) is 9.90 Å². The number of aliphatic imine (C=N–C) groups is 3. The van der Waals surface area contributed by atoms with Gasteiger partial charge in [-0.15, -0.1) is 11.4 Å². The molecule has 7 rings (SSSR count). The van der Waals surface area contributed by atoms with Crippen molar-refractivity contribution in [3.05, 3.63) is 183 Å². The van der Waals surface area contributed by atoms with E-state index in [1.54, 1.807) is 12.2 Å². The van der Waals surface area contributed by atoms with E-state index in [0.29, 0.717) is 56.8 Å². The summed E-state index contributed by atoms with van der Waals surface area (Å²) in [5.74, 6) is -0.981. The topological polar surface area (TPSA) is 110 Å². The van der Waals surface area contributed by atoms with Gasteiger partial charge in [-0.25, -0.2) is 19.8 Å². The summed E-state index contributed by atoms with van der Waals surface area (Å²) in [6.07, 6.45) is 18.2. The number of esters is 1. The van der Waals surface area contributed by atoms with Crippen LogP contribution in [0.4, 0.5) is 0 Å². The molecule has 0 atom stereocenters. The largest absolute Gasteiger partial charge is 2.00 e. The molecular weight excluding hydrogens is 851 g/mol. The van der Waals surface area contributed by atoms with Crippen LogP contribution in [0.25, 0.3) is 16.7 Å². The first-order chi connectivity index (χ1) is 29.9. The van der Waals surface area contributed by atoms with E-state index in [-0.39, 0.29) is 38.2 Å². The number of rotatable bonds is 6. The summed E-state index contributed by atoms with van der Waals surface area (Å²) in [4.78, 5) is 34.0. The Morgan fingerprint density at radius 1 is 0.569 bits per heavy atom. The first-order valence-corrected chi connectivity index (χ1v) is 21.9. The minimum Gasteiger partial charge on any atom is -0.657 e. The molecule has 0 unspecified atom stereocenters. The van der Waals surface area contributed by atoms with Crippen molar-refractivity contribution in [2.75, 3.05) is 14.2 Å². The number of benzene rings is 2. The molecule has 0 aliphatic carbocycles. The maximum atomic E-state index is 12.7. The normalized spacial score (nSPS) is 17.4. The molecule has 0 saturated heterocycles. The molecule has 0 amide bonds. The van der Waals surface area contributed by atoms with Gasteiger partial charge in [-0.2, -0.15) is 0 Å². The van der Waals surface area contributed by atoms with Crippen LogP contribution in [-0.2, 0) is 52.4 Å². The zero-order valence-electron chi connectivity index (χ0n) is 40.1. The van der Waals surface area contributed by atoms with Gasteiger partial charge in [0.25, 0.3) is 0 Å². The number of hydrogen-bond acceptors (Lipinski definition) is 7. The van der Waals surface area contributed by atoms with E-state index in [1.165, 1.54) is 48.6 Å². The van der Waals surface area contributed by atoms with Crippen molar-refractivity contribution in [2.45, 2.75) is 105 Å². The maximum absolute atomic E-state index is 12.7. The molecule has 338 valence electrons. The molecule has 3 aromatic rings. The Morgan fingerprint density at radius 3 is 1.54 bits per heavy atom. The smallest absolute Gasteiger partial charge is 0.657 e. The molecule has 65 heavy (non-hydrogen) atoms. The van der Waals surface area contributed by atoms with E-state index in [1.807, 2.05) is 48.6 Å². The molecule has 0 fully saturated rings. The Labute approximate surface area is 395 Å². The van der Waals surface area contributed by atoms with E-state index < -0.39 is 11.9 Å². The third kappa shape index (κ3) is 10.4. The molecule has 4 aliphatic heterocycles. The molecule has 0 saturated carbocycles. The number of carbonyl (C=O) groups is 1. The van der Waals surface area contributed by atoms with Crippen LogP contribution in [0.3, 0.4) is 0 Å². The van der Waals surface area contributed by atoms with Crippen LogP contribution in [0.15, 0.2) is 153 Å². The zero-order valence-corrected chi connectivity index (χ0v) is 41.1. The predicted molar refractivity (Wildman–Crippen MR) is 261 cm³/mol. The third-order valence-corrected chi connectivity index (χ3v) is 11.8. The fourth-order valence-corrected chi connectivity index (χ4v) is 7.78. The fourth-order valence-electron chi connectivity index (χ4n) is 7.78. The minimum atomic E-state index is -0.490. The predicted octanol–water partition coefficient (Wildman–Crippen LogP) is 11.3. The molecule has 1 aromatic heterocycles. The average molecular weight is 912 g/mol. The number of hydrogen-bond donors (Lipinski definition) is 0. The van der Waals surface area contributed by atoms with Crippen molar-refractivity contribution >= 4 is 39.8 Å². The van der Waals surface area contributed by atoms with Gasteiger partial charge in [-0.05, 0) is 122 Å². The summed E-state index contributed by atoms with van der Waals surface area (Å²) < 4.78 is 10.1. The quantitative estimate of drug-likeness (QED) is 0.106. The molecule has 0 radical (unpaired) electrons. The molecule has 0 N–H and O–H groups in total. The Morgan fingerprint density at radius 2 is 1.02 bits per heavy atom. The van der Waals surface area contributed by atoms with Crippen molar-refractivity contribution in [3.8, 4) is 0 Å². The van der Waals surface area contributed by atoms with Gasteiger partial charge < -0.3 is 19.6 Å². The van der Waals surface area contributed by atoms with Gasteiger partial charge in [0, 0.05) is 17.2 Å². The van der Waals surface area contributed by atoms with Gasteiger partial charge in [0.1, 0.15) is 0 Å². The number of ether oxygens (including phenoxy) is 2. The summed E-state index contributed by atoms with van der Waals surface area (Å²) in [5, 5.41) is 12.7. The van der Waals surface area contributed by atoms with Crippen molar-refractivity contribution in [1.82, 2.24) is 4.98 Å². The van der Waals surface area contributed by atoms with Crippen LogP contribution in [0.2, 0.25) is 0 Å². The van der Waals surface area contributed by atoms with Crippen molar-refractivity contribution in [2.24, 2.45) is 15.0 Å². The van der Waals surface area contributed by atoms with Gasteiger partial charge in [0.15, 0.2) is 0 Å². The average Bonchev–Trinajstić information content (AvgIpc) is 4.07. The molecular formula is C56H60N4NiO4. The third-order valence-electron chi connectivity index (χ3n) is 11.8. The molecule has 2 aromatic carbocycles. The van der Waals surface area contributed by atoms with Gasteiger partial charge in [0.2, 0.25) is 0 Å². The summed E-state index contributed by atoms with van der Waals surface area (Å²) >= 11 is 0. The van der Waals surface area contributed by atoms with Gasteiger partial charge in [-0.3, -0.25) is 0 Å². The molecule has 0 spiro atoms. The summed E-state index contributed by atoms with van der Waals surface area (Å²) in [7, 11) is 2.73. The first-order valence-electron chi connectivity index (χ1n) is 21.9. The van der Waals surface area contributed by atoms with Gasteiger partial charge >= 0.3 is 22.5 Å². The number of methoxy groups -OCH3 is 2. The molecule has 8 nitrogen and oxygen atoms in total. The molecule has 5 heterocycles. The van der Waals surface area contributed by atoms with Crippen molar-refractivity contribution < 1.29 is 35.9 Å². The Balaban J connectivity index is 0.00000700. The number of aromatic nitrogens is 1. The maximum Gasteiger partial charge on any atom is 2.00 e. The molecule has 8 bridgehead atoms. The van der Waals surface area contributed by atoms with Crippen molar-refractivity contribution in [3.63, 3.8) is 0 Å². The van der Waals surface area contributed by atoms with Crippen LogP contribution in [0, 0.1) is 0 Å². The Kier molecular flexibility index (Phi) is 13.5. The second kappa shape index (κ2) is 18.1. The van der Waals surface area contributed by atoms with Gasteiger partial charge in [-0.1, -0.05) is 138 Å². The second-order valence-electron chi connectivity index (χ2n) is 20.8. The van der Waals surface area contributed by atoms with E-state index in [2.05, 4.69) is 119 Å². The monoisotopic (exact) mass is 910 g/mol. The molecule has 9 heteroatoms. The molecule has 4 aliphatic rings. The summed E-state index contributed by atoms with van der Waals surface area (Å²) in [6, 6.07) is 17.5. The SMILES string of the molecule is COC(=O)/C=C/C1=C2C=CC(=N2)C(c2cc(C(C)(C)C)cc(C(C)(C)C)c2)=C2C=CC(=N2)/C(=C\C=C(/[O-])OC)c2ccc([n-]2)C(c2cc(C(C)(C)C)cc(C(C)(C)C)c2)=C2C=CC1=N2.[Ni+2]. The second-order valence-corrected chi connectivity index (χ2v) is 20.8. The standard InChI is InChI=1S/C56H62N4O4.Ni/c1-53(2,3)35-27-33(28-36(31-35)54(4,5)6)51-45-21-17-41(57-45)39(15-25-49(61)63-13)43-19-23-47(59-43)52(34-29-37(55(7,8)9)32-38(30-34)56(10,11)12)48-24-20-44(60-48)40(16-26-50(62)64-14)42-18-22-46(51)58-42;/h15-32H,1-14H3,(H2,57,58,59,60,61,62);/q;+2/p-2.